The Labute approximate surface area is 128 Å². The smallest absolute Gasteiger partial charge is 0.251 e. The Morgan fingerprint density at radius 2 is 2.05 bits per heavy atom. The van der Waals surface area contributed by atoms with Gasteiger partial charge in [0, 0.05) is 12.1 Å². The maximum Gasteiger partial charge on any atom is 0.251 e. The van der Waals surface area contributed by atoms with Crippen molar-refractivity contribution in [2.75, 3.05) is 19.6 Å². The predicted octanol–water partition coefficient (Wildman–Crippen LogP) is 3.38. The van der Waals surface area contributed by atoms with E-state index in [-0.39, 0.29) is 5.91 Å². The average Bonchev–Trinajstić information content (AvgIpc) is 2.52. The van der Waals surface area contributed by atoms with Gasteiger partial charge in [0.05, 0.1) is 0 Å². The van der Waals surface area contributed by atoms with Gasteiger partial charge >= 0.3 is 0 Å². The summed E-state index contributed by atoms with van der Waals surface area (Å²) in [7, 11) is 0. The van der Waals surface area contributed by atoms with Crippen LogP contribution in [-0.2, 0) is 0 Å². The SMILES string of the molecule is CCCCCNC(=O)c1ccc(C)c(C2CCNCC2)c1. The van der Waals surface area contributed by atoms with Gasteiger partial charge in [-0.25, -0.2) is 0 Å². The summed E-state index contributed by atoms with van der Waals surface area (Å²) in [5.74, 6) is 0.667. The van der Waals surface area contributed by atoms with Crippen molar-refractivity contribution in [2.45, 2.75) is 51.9 Å². The van der Waals surface area contributed by atoms with Crippen molar-refractivity contribution in [1.29, 1.82) is 0 Å². The minimum absolute atomic E-state index is 0.0706. The molecule has 2 rings (SSSR count). The monoisotopic (exact) mass is 288 g/mol. The number of hydrogen-bond donors (Lipinski definition) is 2. The Balaban J connectivity index is 2.01. The zero-order chi connectivity index (χ0) is 15.1. The van der Waals surface area contributed by atoms with E-state index < -0.39 is 0 Å². The van der Waals surface area contributed by atoms with Crippen molar-refractivity contribution in [3.8, 4) is 0 Å². The number of amides is 1. The van der Waals surface area contributed by atoms with Crippen LogP contribution in [0.2, 0.25) is 0 Å². The number of aryl methyl sites for hydroxylation is 1. The van der Waals surface area contributed by atoms with Crippen LogP contribution in [0.4, 0.5) is 0 Å². The van der Waals surface area contributed by atoms with Gasteiger partial charge in [-0.15, -0.1) is 0 Å². The van der Waals surface area contributed by atoms with E-state index >= 15 is 0 Å². The highest BCUT2D eigenvalue weighted by Crippen LogP contribution is 2.28. The molecule has 0 aliphatic carbocycles. The van der Waals surface area contributed by atoms with Gasteiger partial charge in [-0.05, 0) is 68.5 Å². The predicted molar refractivity (Wildman–Crippen MR) is 87.9 cm³/mol. The molecule has 0 spiro atoms. The topological polar surface area (TPSA) is 41.1 Å². The lowest BCUT2D eigenvalue weighted by atomic mass is 9.86. The van der Waals surface area contributed by atoms with Crippen LogP contribution >= 0.6 is 0 Å². The van der Waals surface area contributed by atoms with Crippen LogP contribution in [0.3, 0.4) is 0 Å². The maximum atomic E-state index is 12.2. The van der Waals surface area contributed by atoms with Crippen molar-refractivity contribution in [1.82, 2.24) is 10.6 Å². The zero-order valence-electron chi connectivity index (χ0n) is 13.4. The van der Waals surface area contributed by atoms with E-state index in [4.69, 9.17) is 0 Å². The van der Waals surface area contributed by atoms with E-state index in [1.54, 1.807) is 0 Å². The standard InChI is InChI=1S/C18H28N2O/c1-3-4-5-10-20-18(21)16-7-6-14(2)17(13-16)15-8-11-19-12-9-15/h6-7,13,15,19H,3-5,8-12H2,1-2H3,(H,20,21). The maximum absolute atomic E-state index is 12.2. The third kappa shape index (κ3) is 4.57. The summed E-state index contributed by atoms with van der Waals surface area (Å²) >= 11 is 0. The Kier molecular flexibility index (Phi) is 6.24. The van der Waals surface area contributed by atoms with Gasteiger partial charge in [0.2, 0.25) is 0 Å². The van der Waals surface area contributed by atoms with Crippen LogP contribution in [0, 0.1) is 6.92 Å². The number of carbonyl (C=O) groups excluding carboxylic acids is 1. The molecule has 2 N–H and O–H groups in total. The molecular formula is C18H28N2O. The Morgan fingerprint density at radius 3 is 2.76 bits per heavy atom. The first kappa shape index (κ1) is 16.0. The highest BCUT2D eigenvalue weighted by Gasteiger charge is 2.18. The molecule has 0 atom stereocenters. The first-order chi connectivity index (χ1) is 10.2. The van der Waals surface area contributed by atoms with E-state index in [2.05, 4.69) is 36.6 Å². The van der Waals surface area contributed by atoms with Crippen LogP contribution < -0.4 is 10.6 Å². The molecule has 1 aromatic carbocycles. The molecule has 0 unspecified atom stereocenters. The fourth-order valence-electron chi connectivity index (χ4n) is 3.03. The minimum atomic E-state index is 0.0706. The summed E-state index contributed by atoms with van der Waals surface area (Å²) < 4.78 is 0. The number of rotatable bonds is 6. The van der Waals surface area contributed by atoms with Gasteiger partial charge in [-0.3, -0.25) is 4.79 Å². The van der Waals surface area contributed by atoms with E-state index in [0.717, 1.165) is 31.6 Å². The van der Waals surface area contributed by atoms with Crippen molar-refractivity contribution in [3.05, 3.63) is 34.9 Å². The molecule has 1 aromatic rings. The number of hydrogen-bond acceptors (Lipinski definition) is 2. The summed E-state index contributed by atoms with van der Waals surface area (Å²) in [6, 6.07) is 6.16. The Hall–Kier alpha value is -1.35. The van der Waals surface area contributed by atoms with Crippen molar-refractivity contribution in [3.63, 3.8) is 0 Å². The largest absolute Gasteiger partial charge is 0.352 e. The molecule has 0 radical (unpaired) electrons. The molecule has 3 nitrogen and oxygen atoms in total. The highest BCUT2D eigenvalue weighted by atomic mass is 16.1. The number of nitrogens with one attached hydrogen (secondary N) is 2. The van der Waals surface area contributed by atoms with Gasteiger partial charge in [0.25, 0.3) is 5.91 Å². The molecule has 3 heteroatoms. The molecule has 1 heterocycles. The van der Waals surface area contributed by atoms with Crippen LogP contribution in [0.5, 0.6) is 0 Å². The van der Waals surface area contributed by atoms with Crippen LogP contribution in [0.1, 0.15) is 66.4 Å². The second-order valence-corrected chi connectivity index (χ2v) is 6.06. The van der Waals surface area contributed by atoms with Crippen molar-refractivity contribution < 1.29 is 4.79 Å². The van der Waals surface area contributed by atoms with Gasteiger partial charge in [0.15, 0.2) is 0 Å². The lowest BCUT2D eigenvalue weighted by molar-refractivity contribution is 0.0953. The minimum Gasteiger partial charge on any atom is -0.352 e. The molecule has 1 saturated heterocycles. The van der Waals surface area contributed by atoms with Gasteiger partial charge in [-0.1, -0.05) is 25.8 Å². The van der Waals surface area contributed by atoms with Crippen LogP contribution in [0.15, 0.2) is 18.2 Å². The number of carbonyl (C=O) groups is 1. The van der Waals surface area contributed by atoms with Crippen LogP contribution in [0.25, 0.3) is 0 Å². The zero-order valence-corrected chi connectivity index (χ0v) is 13.4. The fourth-order valence-corrected chi connectivity index (χ4v) is 3.03. The molecule has 1 aliphatic heterocycles. The lowest BCUT2D eigenvalue weighted by Crippen LogP contribution is -2.28. The van der Waals surface area contributed by atoms with Gasteiger partial charge in [0.1, 0.15) is 0 Å². The summed E-state index contributed by atoms with van der Waals surface area (Å²) in [6.45, 7) is 7.27. The first-order valence-electron chi connectivity index (χ1n) is 8.32. The Morgan fingerprint density at radius 1 is 1.29 bits per heavy atom. The molecule has 1 amide bonds. The van der Waals surface area contributed by atoms with Crippen LogP contribution in [-0.4, -0.2) is 25.5 Å². The molecular weight excluding hydrogens is 260 g/mol. The molecule has 0 saturated carbocycles. The summed E-state index contributed by atoms with van der Waals surface area (Å²) in [4.78, 5) is 12.2. The normalized spacial score (nSPS) is 15.9. The summed E-state index contributed by atoms with van der Waals surface area (Å²) in [5, 5.41) is 6.43. The van der Waals surface area contributed by atoms with Gasteiger partial charge < -0.3 is 10.6 Å². The third-order valence-electron chi connectivity index (χ3n) is 4.39. The Bertz CT molecular complexity index is 464. The lowest BCUT2D eigenvalue weighted by Gasteiger charge is -2.25. The number of piperidine rings is 1. The number of benzene rings is 1. The average molecular weight is 288 g/mol. The van der Waals surface area contributed by atoms with Crippen molar-refractivity contribution >= 4 is 5.91 Å². The fraction of sp³-hybridized carbons (Fsp3) is 0.611. The molecule has 0 bridgehead atoms. The molecule has 116 valence electrons. The second-order valence-electron chi connectivity index (χ2n) is 6.06. The quantitative estimate of drug-likeness (QED) is 0.788. The molecule has 1 aliphatic rings. The highest BCUT2D eigenvalue weighted by molar-refractivity contribution is 5.94. The second kappa shape index (κ2) is 8.18. The van der Waals surface area contributed by atoms with E-state index in [0.29, 0.717) is 5.92 Å². The van der Waals surface area contributed by atoms with E-state index in [9.17, 15) is 4.79 Å². The van der Waals surface area contributed by atoms with E-state index in [1.165, 1.54) is 36.8 Å². The van der Waals surface area contributed by atoms with E-state index in [1.807, 2.05) is 6.07 Å². The van der Waals surface area contributed by atoms with Crippen molar-refractivity contribution in [2.24, 2.45) is 0 Å². The summed E-state index contributed by atoms with van der Waals surface area (Å²) in [6.07, 6.45) is 5.76. The van der Waals surface area contributed by atoms with Gasteiger partial charge in [-0.2, -0.15) is 0 Å². The molecule has 0 aromatic heterocycles. The number of unbranched alkanes of at least 4 members (excludes halogenated alkanes) is 2. The molecule has 21 heavy (non-hydrogen) atoms. The third-order valence-corrected chi connectivity index (χ3v) is 4.39. The molecule has 1 fully saturated rings. The summed E-state index contributed by atoms with van der Waals surface area (Å²) in [5.41, 5.74) is 3.48. The first-order valence-corrected chi connectivity index (χ1v) is 8.32.